The lowest BCUT2D eigenvalue weighted by atomic mass is 10.1. The molecule has 0 aromatic heterocycles. The van der Waals surface area contributed by atoms with Crippen molar-refractivity contribution >= 4 is 23.7 Å². The van der Waals surface area contributed by atoms with Crippen molar-refractivity contribution in [1.29, 1.82) is 0 Å². The first-order chi connectivity index (χ1) is 7.83. The first-order valence-electron chi connectivity index (χ1n) is 5.31. The van der Waals surface area contributed by atoms with Crippen LogP contribution < -0.4 is 10.1 Å². The first kappa shape index (κ1) is 11.3. The van der Waals surface area contributed by atoms with Gasteiger partial charge in [-0.2, -0.15) is 11.8 Å². The molecular formula is C12H15NO2S. The third kappa shape index (κ3) is 2.50. The topological polar surface area (TPSA) is 38.3 Å². The normalized spacial score (nSPS) is 19.4. The van der Waals surface area contributed by atoms with Crippen LogP contribution in [0.3, 0.4) is 0 Å². The minimum absolute atomic E-state index is 0.487. The van der Waals surface area contributed by atoms with E-state index in [1.807, 2.05) is 23.9 Å². The summed E-state index contributed by atoms with van der Waals surface area (Å²) in [6, 6.07) is 5.92. The van der Waals surface area contributed by atoms with Crippen LogP contribution in [-0.2, 0) is 0 Å². The summed E-state index contributed by atoms with van der Waals surface area (Å²) >= 11 is 1.95. The van der Waals surface area contributed by atoms with Crippen LogP contribution in [0.1, 0.15) is 16.8 Å². The van der Waals surface area contributed by atoms with Crippen LogP contribution in [0, 0.1) is 0 Å². The second-order valence-corrected chi connectivity index (χ2v) is 4.93. The van der Waals surface area contributed by atoms with E-state index in [-0.39, 0.29) is 0 Å². The number of hydrogen-bond acceptors (Lipinski definition) is 4. The lowest BCUT2D eigenvalue weighted by Crippen LogP contribution is -2.18. The van der Waals surface area contributed by atoms with Crippen molar-refractivity contribution in [2.75, 3.05) is 23.9 Å². The molecule has 0 spiro atoms. The van der Waals surface area contributed by atoms with Gasteiger partial charge in [-0.3, -0.25) is 4.79 Å². The fourth-order valence-electron chi connectivity index (χ4n) is 1.78. The average Bonchev–Trinajstić information content (AvgIpc) is 2.82. The molecule has 1 aromatic rings. The number of nitrogens with one attached hydrogen (secondary N) is 1. The summed E-state index contributed by atoms with van der Waals surface area (Å²) in [4.78, 5) is 10.7. The molecule has 0 amide bonds. The summed E-state index contributed by atoms with van der Waals surface area (Å²) in [6.07, 6.45) is 2.02. The molecule has 1 fully saturated rings. The highest BCUT2D eigenvalue weighted by Gasteiger charge is 2.16. The smallest absolute Gasteiger partial charge is 0.150 e. The Hall–Kier alpha value is -1.16. The predicted octanol–water partition coefficient (Wildman–Crippen LogP) is 2.43. The van der Waals surface area contributed by atoms with Crippen LogP contribution in [-0.4, -0.2) is 30.9 Å². The number of ether oxygens (including phenoxy) is 1. The van der Waals surface area contributed by atoms with Crippen LogP contribution >= 0.6 is 11.8 Å². The Kier molecular flexibility index (Phi) is 3.72. The molecule has 86 valence electrons. The summed E-state index contributed by atoms with van der Waals surface area (Å²) < 4.78 is 5.27. The van der Waals surface area contributed by atoms with Gasteiger partial charge in [-0.25, -0.2) is 0 Å². The maximum Gasteiger partial charge on any atom is 0.150 e. The third-order valence-corrected chi connectivity index (χ3v) is 3.81. The zero-order valence-electron chi connectivity index (χ0n) is 9.23. The number of rotatable bonds is 4. The van der Waals surface area contributed by atoms with Crippen molar-refractivity contribution in [3.05, 3.63) is 23.8 Å². The first-order valence-corrected chi connectivity index (χ1v) is 6.46. The molecule has 1 atom stereocenters. The van der Waals surface area contributed by atoms with E-state index in [2.05, 4.69) is 5.32 Å². The van der Waals surface area contributed by atoms with Crippen LogP contribution in [0.4, 0.5) is 5.69 Å². The number of carbonyl (C=O) groups is 1. The summed E-state index contributed by atoms with van der Waals surface area (Å²) in [6.45, 7) is 0. The second-order valence-electron chi connectivity index (χ2n) is 3.78. The van der Waals surface area contributed by atoms with Gasteiger partial charge in [0.1, 0.15) is 12.0 Å². The van der Waals surface area contributed by atoms with E-state index in [1.165, 1.54) is 12.2 Å². The predicted molar refractivity (Wildman–Crippen MR) is 67.7 cm³/mol. The molecule has 4 heteroatoms. The zero-order valence-corrected chi connectivity index (χ0v) is 10.0. The van der Waals surface area contributed by atoms with Crippen LogP contribution in [0.2, 0.25) is 0 Å². The van der Waals surface area contributed by atoms with Gasteiger partial charge in [0.2, 0.25) is 0 Å². The van der Waals surface area contributed by atoms with Crippen molar-refractivity contribution in [2.45, 2.75) is 12.5 Å². The van der Waals surface area contributed by atoms with Gasteiger partial charge in [-0.05, 0) is 30.4 Å². The van der Waals surface area contributed by atoms with Gasteiger partial charge < -0.3 is 10.1 Å². The van der Waals surface area contributed by atoms with E-state index < -0.39 is 0 Å². The number of anilines is 1. The molecule has 16 heavy (non-hydrogen) atoms. The fourth-order valence-corrected chi connectivity index (χ4v) is 2.93. The van der Waals surface area contributed by atoms with Crippen molar-refractivity contribution < 1.29 is 9.53 Å². The molecule has 1 heterocycles. The van der Waals surface area contributed by atoms with Gasteiger partial charge in [0.15, 0.2) is 0 Å². The SMILES string of the molecule is COc1ccc(C=O)cc1NC1CCSC1. The van der Waals surface area contributed by atoms with Gasteiger partial charge in [0.05, 0.1) is 12.8 Å². The molecule has 0 radical (unpaired) electrons. The van der Waals surface area contributed by atoms with Crippen molar-refractivity contribution in [2.24, 2.45) is 0 Å². The Labute approximate surface area is 99.6 Å². The van der Waals surface area contributed by atoms with Gasteiger partial charge in [0, 0.05) is 17.4 Å². The molecule has 0 saturated carbocycles. The maximum absolute atomic E-state index is 10.7. The van der Waals surface area contributed by atoms with Gasteiger partial charge in [0.25, 0.3) is 0 Å². The van der Waals surface area contributed by atoms with Crippen LogP contribution in [0.25, 0.3) is 0 Å². The highest BCUT2D eigenvalue weighted by atomic mass is 32.2. The zero-order chi connectivity index (χ0) is 11.4. The highest BCUT2D eigenvalue weighted by molar-refractivity contribution is 7.99. The van der Waals surface area contributed by atoms with Crippen molar-refractivity contribution in [3.8, 4) is 5.75 Å². The standard InChI is InChI=1S/C12H15NO2S/c1-15-12-3-2-9(7-14)6-11(12)13-10-4-5-16-8-10/h2-3,6-7,10,13H,4-5,8H2,1H3. The van der Waals surface area contributed by atoms with Gasteiger partial charge in [-0.1, -0.05) is 0 Å². The highest BCUT2D eigenvalue weighted by Crippen LogP contribution is 2.28. The number of hydrogen-bond donors (Lipinski definition) is 1. The number of aldehydes is 1. The van der Waals surface area contributed by atoms with E-state index in [9.17, 15) is 4.79 Å². The van der Waals surface area contributed by atoms with Crippen LogP contribution in [0.15, 0.2) is 18.2 Å². The number of carbonyl (C=O) groups excluding carboxylic acids is 1. The lowest BCUT2D eigenvalue weighted by molar-refractivity contribution is 0.112. The molecular weight excluding hydrogens is 222 g/mol. The number of thioether (sulfide) groups is 1. The van der Waals surface area contributed by atoms with Gasteiger partial charge in [-0.15, -0.1) is 0 Å². The Morgan fingerprint density at radius 1 is 1.56 bits per heavy atom. The van der Waals surface area contributed by atoms with E-state index in [0.29, 0.717) is 11.6 Å². The molecule has 2 rings (SSSR count). The molecule has 1 saturated heterocycles. The number of benzene rings is 1. The van der Waals surface area contributed by atoms with Crippen molar-refractivity contribution in [3.63, 3.8) is 0 Å². The van der Waals surface area contributed by atoms with Gasteiger partial charge >= 0.3 is 0 Å². The quantitative estimate of drug-likeness (QED) is 0.816. The molecule has 1 aliphatic heterocycles. The largest absolute Gasteiger partial charge is 0.495 e. The summed E-state index contributed by atoms with van der Waals surface area (Å²) in [7, 11) is 1.64. The molecule has 3 nitrogen and oxygen atoms in total. The van der Waals surface area contributed by atoms with Crippen molar-refractivity contribution in [1.82, 2.24) is 0 Å². The molecule has 0 bridgehead atoms. The minimum atomic E-state index is 0.487. The van der Waals surface area contributed by atoms with E-state index in [1.54, 1.807) is 13.2 Å². The fraction of sp³-hybridized carbons (Fsp3) is 0.417. The minimum Gasteiger partial charge on any atom is -0.495 e. The van der Waals surface area contributed by atoms with Crippen LogP contribution in [0.5, 0.6) is 5.75 Å². The summed E-state index contributed by atoms with van der Waals surface area (Å²) in [5.41, 5.74) is 1.59. The molecule has 1 aliphatic rings. The molecule has 1 unspecified atom stereocenters. The summed E-state index contributed by atoms with van der Waals surface area (Å²) in [5.74, 6) is 3.12. The average molecular weight is 237 g/mol. The van der Waals surface area contributed by atoms with E-state index in [0.717, 1.165) is 23.5 Å². The Morgan fingerprint density at radius 3 is 3.06 bits per heavy atom. The Bertz CT molecular complexity index is 375. The second kappa shape index (κ2) is 5.25. The third-order valence-electron chi connectivity index (χ3n) is 2.65. The maximum atomic E-state index is 10.7. The lowest BCUT2D eigenvalue weighted by Gasteiger charge is -2.16. The molecule has 1 N–H and O–H groups in total. The molecule has 0 aliphatic carbocycles. The van der Waals surface area contributed by atoms with E-state index in [4.69, 9.17) is 4.74 Å². The molecule has 1 aromatic carbocycles. The summed E-state index contributed by atoms with van der Waals surface area (Å²) in [5, 5.41) is 3.43. The van der Waals surface area contributed by atoms with E-state index >= 15 is 0 Å². The Balaban J connectivity index is 2.18. The Morgan fingerprint density at radius 2 is 2.44 bits per heavy atom. The number of methoxy groups -OCH3 is 1. The monoisotopic (exact) mass is 237 g/mol.